The van der Waals surface area contributed by atoms with Gasteiger partial charge in [0.25, 0.3) is 11.8 Å². The van der Waals surface area contributed by atoms with Crippen molar-refractivity contribution in [3.05, 3.63) is 41.9 Å². The van der Waals surface area contributed by atoms with Gasteiger partial charge in [-0.2, -0.15) is 0 Å². The normalized spacial score (nSPS) is 15.3. The van der Waals surface area contributed by atoms with Crippen molar-refractivity contribution >= 4 is 23.3 Å². The number of primary amides is 1. The topological polar surface area (TPSA) is 107 Å². The number of likely N-dealkylation sites (N-methyl/N-ethyl adjacent to an activating group) is 1. The fourth-order valence-electron chi connectivity index (χ4n) is 2.57. The molecule has 1 saturated heterocycles. The maximum atomic E-state index is 12.1. The quantitative estimate of drug-likeness (QED) is 0.758. The van der Waals surface area contributed by atoms with Gasteiger partial charge in [0.2, 0.25) is 0 Å². The minimum atomic E-state index is -0.608. The lowest BCUT2D eigenvalue weighted by molar-refractivity contribution is 0.0996. The molecule has 0 radical (unpaired) electrons. The van der Waals surface area contributed by atoms with Crippen LogP contribution < -0.4 is 16.0 Å². The van der Waals surface area contributed by atoms with Crippen LogP contribution in [0.5, 0.6) is 0 Å². The number of carbonyl (C=O) groups excluding carboxylic acids is 2. The third kappa shape index (κ3) is 3.54. The summed E-state index contributed by atoms with van der Waals surface area (Å²) in [5, 5.41) is 2.69. The molecule has 2 aromatic heterocycles. The highest BCUT2D eigenvalue weighted by Crippen LogP contribution is 2.17. The van der Waals surface area contributed by atoms with Gasteiger partial charge in [0, 0.05) is 26.2 Å². The molecule has 0 aromatic carbocycles. The number of aromatic amines is 1. The van der Waals surface area contributed by atoms with Crippen molar-refractivity contribution in [2.75, 3.05) is 43.4 Å². The molecule has 0 bridgehead atoms. The minimum absolute atomic E-state index is 0.193. The zero-order valence-electron chi connectivity index (χ0n) is 13.5. The summed E-state index contributed by atoms with van der Waals surface area (Å²) in [6.45, 7) is 3.96. The number of H-pyrrole nitrogens is 1. The molecule has 2 amide bonds. The van der Waals surface area contributed by atoms with E-state index in [9.17, 15) is 9.59 Å². The molecule has 0 unspecified atom stereocenters. The SMILES string of the molecule is CN1CCN(c2ccc(NC(=O)c3ccc(C(N)=O)[nH]3)nc2)CC1. The van der Waals surface area contributed by atoms with E-state index in [2.05, 4.69) is 32.1 Å². The Hall–Kier alpha value is -2.87. The van der Waals surface area contributed by atoms with Crippen LogP contribution in [0, 0.1) is 0 Å². The number of rotatable bonds is 4. The van der Waals surface area contributed by atoms with E-state index >= 15 is 0 Å². The van der Waals surface area contributed by atoms with Crippen LogP contribution in [-0.2, 0) is 0 Å². The fourth-order valence-corrected chi connectivity index (χ4v) is 2.57. The number of nitrogens with one attached hydrogen (secondary N) is 2. The van der Waals surface area contributed by atoms with Crippen LogP contribution in [0.15, 0.2) is 30.5 Å². The van der Waals surface area contributed by atoms with Crippen LogP contribution in [0.3, 0.4) is 0 Å². The second-order valence-electron chi connectivity index (χ2n) is 5.80. The van der Waals surface area contributed by atoms with Crippen molar-refractivity contribution in [2.45, 2.75) is 0 Å². The van der Waals surface area contributed by atoms with Gasteiger partial charge in [-0.25, -0.2) is 4.98 Å². The molecule has 1 aliphatic heterocycles. The number of nitrogens with zero attached hydrogens (tertiary/aromatic N) is 3. The average molecular weight is 328 g/mol. The summed E-state index contributed by atoms with van der Waals surface area (Å²) < 4.78 is 0. The second-order valence-corrected chi connectivity index (χ2v) is 5.80. The highest BCUT2D eigenvalue weighted by atomic mass is 16.2. The van der Waals surface area contributed by atoms with E-state index in [-0.39, 0.29) is 17.3 Å². The Morgan fingerprint density at radius 2 is 1.83 bits per heavy atom. The fraction of sp³-hybridized carbons (Fsp3) is 0.312. The predicted octanol–water partition coefficient (Wildman–Crippen LogP) is 0.513. The molecule has 1 aliphatic rings. The van der Waals surface area contributed by atoms with E-state index in [1.165, 1.54) is 12.1 Å². The van der Waals surface area contributed by atoms with E-state index in [0.29, 0.717) is 5.82 Å². The molecular formula is C16H20N6O2. The molecule has 8 nitrogen and oxygen atoms in total. The maximum absolute atomic E-state index is 12.1. The molecular weight excluding hydrogens is 308 g/mol. The molecule has 1 fully saturated rings. The Labute approximate surface area is 139 Å². The highest BCUT2D eigenvalue weighted by molar-refractivity contribution is 6.03. The number of amides is 2. The van der Waals surface area contributed by atoms with Crippen LogP contribution in [-0.4, -0.2) is 59.9 Å². The molecule has 126 valence electrons. The number of piperazine rings is 1. The molecule has 4 N–H and O–H groups in total. The Morgan fingerprint density at radius 3 is 2.42 bits per heavy atom. The summed E-state index contributed by atoms with van der Waals surface area (Å²) in [5.74, 6) is -0.529. The van der Waals surface area contributed by atoms with Gasteiger partial charge >= 0.3 is 0 Å². The van der Waals surface area contributed by atoms with Crippen molar-refractivity contribution in [3.8, 4) is 0 Å². The van der Waals surface area contributed by atoms with Gasteiger partial charge in [-0.3, -0.25) is 9.59 Å². The molecule has 0 spiro atoms. The monoisotopic (exact) mass is 328 g/mol. The number of aromatic nitrogens is 2. The van der Waals surface area contributed by atoms with E-state index in [1.54, 1.807) is 12.3 Å². The van der Waals surface area contributed by atoms with E-state index in [0.717, 1.165) is 31.9 Å². The average Bonchev–Trinajstić information content (AvgIpc) is 3.07. The molecule has 3 rings (SSSR count). The lowest BCUT2D eigenvalue weighted by atomic mass is 10.3. The van der Waals surface area contributed by atoms with Gasteiger partial charge in [0.05, 0.1) is 11.9 Å². The molecule has 24 heavy (non-hydrogen) atoms. The first-order valence-corrected chi connectivity index (χ1v) is 7.72. The second kappa shape index (κ2) is 6.71. The first kappa shape index (κ1) is 16.0. The third-order valence-corrected chi connectivity index (χ3v) is 4.05. The third-order valence-electron chi connectivity index (χ3n) is 4.05. The van der Waals surface area contributed by atoms with Crippen molar-refractivity contribution in [2.24, 2.45) is 5.73 Å². The van der Waals surface area contributed by atoms with Gasteiger partial charge in [-0.15, -0.1) is 0 Å². The molecule has 0 atom stereocenters. The van der Waals surface area contributed by atoms with E-state index < -0.39 is 5.91 Å². The first-order chi connectivity index (χ1) is 11.5. The standard InChI is InChI=1S/C16H20N6O2/c1-21-6-8-22(9-7-21)11-2-5-14(18-10-11)20-16(24)13-4-3-12(19-13)15(17)23/h2-5,10,19H,6-9H2,1H3,(H2,17,23)(H,18,20,24). The van der Waals surface area contributed by atoms with Crippen molar-refractivity contribution in [1.82, 2.24) is 14.9 Å². The Balaban J connectivity index is 1.63. The number of hydrogen-bond acceptors (Lipinski definition) is 5. The van der Waals surface area contributed by atoms with Crippen molar-refractivity contribution in [1.29, 1.82) is 0 Å². The summed E-state index contributed by atoms with van der Waals surface area (Å²) in [6, 6.07) is 6.69. The number of carbonyl (C=O) groups is 2. The lowest BCUT2D eigenvalue weighted by Crippen LogP contribution is -2.44. The van der Waals surface area contributed by atoms with Crippen LogP contribution in [0.2, 0.25) is 0 Å². The largest absolute Gasteiger partial charge is 0.368 e. The molecule has 8 heteroatoms. The summed E-state index contributed by atoms with van der Waals surface area (Å²) in [5.41, 5.74) is 6.64. The number of pyridine rings is 1. The zero-order chi connectivity index (χ0) is 17.1. The van der Waals surface area contributed by atoms with Gasteiger partial charge in [0.15, 0.2) is 0 Å². The minimum Gasteiger partial charge on any atom is -0.368 e. The van der Waals surface area contributed by atoms with Crippen LogP contribution in [0.4, 0.5) is 11.5 Å². The number of hydrogen-bond donors (Lipinski definition) is 3. The van der Waals surface area contributed by atoms with Crippen LogP contribution in [0.1, 0.15) is 21.0 Å². The van der Waals surface area contributed by atoms with Crippen LogP contribution >= 0.6 is 0 Å². The molecule has 0 aliphatic carbocycles. The number of anilines is 2. The molecule has 0 saturated carbocycles. The highest BCUT2D eigenvalue weighted by Gasteiger charge is 2.15. The van der Waals surface area contributed by atoms with E-state index in [4.69, 9.17) is 5.73 Å². The Kier molecular flexibility index (Phi) is 4.48. The van der Waals surface area contributed by atoms with E-state index in [1.807, 2.05) is 6.07 Å². The van der Waals surface area contributed by atoms with Crippen LogP contribution in [0.25, 0.3) is 0 Å². The molecule has 2 aromatic rings. The maximum Gasteiger partial charge on any atom is 0.273 e. The van der Waals surface area contributed by atoms with Gasteiger partial charge in [0.1, 0.15) is 17.2 Å². The number of nitrogens with two attached hydrogens (primary N) is 1. The summed E-state index contributed by atoms with van der Waals surface area (Å²) in [4.78, 5) is 34.7. The van der Waals surface area contributed by atoms with Gasteiger partial charge in [-0.1, -0.05) is 0 Å². The predicted molar refractivity (Wildman–Crippen MR) is 91.2 cm³/mol. The van der Waals surface area contributed by atoms with Gasteiger partial charge in [-0.05, 0) is 31.3 Å². The Morgan fingerprint density at radius 1 is 1.12 bits per heavy atom. The lowest BCUT2D eigenvalue weighted by Gasteiger charge is -2.33. The summed E-state index contributed by atoms with van der Waals surface area (Å²) >= 11 is 0. The molecule has 3 heterocycles. The first-order valence-electron chi connectivity index (χ1n) is 7.72. The van der Waals surface area contributed by atoms with Crippen molar-refractivity contribution < 1.29 is 9.59 Å². The smallest absolute Gasteiger partial charge is 0.273 e. The summed E-state index contributed by atoms with van der Waals surface area (Å²) in [7, 11) is 2.11. The summed E-state index contributed by atoms with van der Waals surface area (Å²) in [6.07, 6.45) is 1.75. The zero-order valence-corrected chi connectivity index (χ0v) is 13.5. The van der Waals surface area contributed by atoms with Gasteiger partial charge < -0.3 is 25.8 Å². The Bertz CT molecular complexity index is 731. The van der Waals surface area contributed by atoms with Crippen molar-refractivity contribution in [3.63, 3.8) is 0 Å².